The van der Waals surface area contributed by atoms with Gasteiger partial charge < -0.3 is 14.5 Å². The number of benzene rings is 2. The van der Waals surface area contributed by atoms with Gasteiger partial charge in [0.1, 0.15) is 10.8 Å². The molecule has 1 fully saturated rings. The molecule has 4 rings (SSSR count). The molecule has 8 nitrogen and oxygen atoms in total. The van der Waals surface area contributed by atoms with E-state index in [9.17, 15) is 14.4 Å². The molecule has 1 aliphatic rings. The molecule has 1 aliphatic heterocycles. The molecule has 0 N–H and O–H groups in total. The summed E-state index contributed by atoms with van der Waals surface area (Å²) in [6, 6.07) is 16.1. The van der Waals surface area contributed by atoms with Crippen LogP contribution in [0.2, 0.25) is 5.02 Å². The van der Waals surface area contributed by atoms with E-state index in [0.29, 0.717) is 55.5 Å². The number of ketones is 1. The average molecular weight is 495 g/mol. The first-order valence-electron chi connectivity index (χ1n) is 11.6. The van der Waals surface area contributed by atoms with Crippen LogP contribution in [0.25, 0.3) is 5.69 Å². The summed E-state index contributed by atoms with van der Waals surface area (Å²) in [5, 5.41) is 4.39. The molecule has 3 aromatic rings. The van der Waals surface area contributed by atoms with Gasteiger partial charge in [-0.1, -0.05) is 29.8 Å². The molecule has 0 bridgehead atoms. The summed E-state index contributed by atoms with van der Waals surface area (Å²) >= 11 is 6.41. The fraction of sp³-hybridized carbons (Fsp3) is 0.308. The molecular formula is C26H27ClN4O4. The first-order chi connectivity index (χ1) is 17.0. The van der Waals surface area contributed by atoms with E-state index in [0.717, 1.165) is 0 Å². The van der Waals surface area contributed by atoms with Crippen molar-refractivity contribution in [2.45, 2.75) is 19.8 Å². The van der Waals surface area contributed by atoms with Crippen molar-refractivity contribution in [1.82, 2.24) is 14.7 Å². The van der Waals surface area contributed by atoms with Crippen LogP contribution in [0.15, 0.2) is 65.6 Å². The number of halogens is 1. The topological polar surface area (TPSA) is 84.7 Å². The summed E-state index contributed by atoms with van der Waals surface area (Å²) in [7, 11) is 0. The Labute approximate surface area is 208 Å². The quantitative estimate of drug-likeness (QED) is 0.445. The second-order valence-corrected chi connectivity index (χ2v) is 8.52. The van der Waals surface area contributed by atoms with Crippen LogP contribution in [-0.2, 0) is 4.79 Å². The number of Topliss-reactive ketones (excluding diaryl/α,β-unsaturated/α-hetero) is 1. The predicted octanol–water partition coefficient (Wildman–Crippen LogP) is 3.60. The third-order valence-corrected chi connectivity index (χ3v) is 6.28. The highest BCUT2D eigenvalue weighted by molar-refractivity contribution is 6.33. The zero-order chi connectivity index (χ0) is 24.8. The lowest BCUT2D eigenvalue weighted by Crippen LogP contribution is -2.49. The molecule has 35 heavy (non-hydrogen) atoms. The summed E-state index contributed by atoms with van der Waals surface area (Å²) in [6.07, 6.45) is 1.89. The monoisotopic (exact) mass is 494 g/mol. The van der Waals surface area contributed by atoms with Crippen LogP contribution in [0.4, 0.5) is 5.69 Å². The third kappa shape index (κ3) is 5.71. The molecule has 9 heteroatoms. The van der Waals surface area contributed by atoms with Crippen LogP contribution in [0, 0.1) is 0 Å². The van der Waals surface area contributed by atoms with E-state index in [1.54, 1.807) is 47.5 Å². The van der Waals surface area contributed by atoms with E-state index < -0.39 is 0 Å². The van der Waals surface area contributed by atoms with Crippen LogP contribution >= 0.6 is 11.6 Å². The zero-order valence-corrected chi connectivity index (χ0v) is 20.3. The molecule has 0 radical (unpaired) electrons. The van der Waals surface area contributed by atoms with Gasteiger partial charge in [-0.3, -0.25) is 14.4 Å². The number of carbonyl (C=O) groups is 2. The standard InChI is InChI=1S/C26H27ClN4O4/c1-2-35-21-10-8-19(9-11-21)23(32)12-13-24(33)30-16-14-29(15-17-30)22-18-28-31(26(34)25(22)27)20-6-4-3-5-7-20/h3-11,18H,2,12-17H2,1H3. The number of carbonyl (C=O) groups excluding carboxylic acids is 2. The lowest BCUT2D eigenvalue weighted by atomic mass is 10.1. The van der Waals surface area contributed by atoms with E-state index in [-0.39, 0.29) is 35.1 Å². The molecule has 0 unspecified atom stereocenters. The Morgan fingerprint density at radius 2 is 1.66 bits per heavy atom. The molecule has 0 atom stereocenters. The highest BCUT2D eigenvalue weighted by Gasteiger charge is 2.24. The Balaban J connectivity index is 1.31. The number of para-hydroxylation sites is 1. The number of anilines is 1. The van der Waals surface area contributed by atoms with Crippen molar-refractivity contribution >= 4 is 29.0 Å². The van der Waals surface area contributed by atoms with Gasteiger partial charge in [-0.2, -0.15) is 9.78 Å². The van der Waals surface area contributed by atoms with Crippen LogP contribution in [-0.4, -0.2) is 59.2 Å². The molecule has 182 valence electrons. The molecule has 0 saturated carbocycles. The number of piperazine rings is 1. The van der Waals surface area contributed by atoms with Gasteiger partial charge in [0.15, 0.2) is 5.78 Å². The van der Waals surface area contributed by atoms with Crippen molar-refractivity contribution in [3.8, 4) is 11.4 Å². The van der Waals surface area contributed by atoms with E-state index in [1.807, 2.05) is 30.0 Å². The number of rotatable bonds is 8. The number of amides is 1. The Kier molecular flexibility index (Phi) is 7.82. The minimum absolute atomic E-state index is 0.0624. The predicted molar refractivity (Wildman–Crippen MR) is 135 cm³/mol. The Bertz CT molecular complexity index is 1240. The van der Waals surface area contributed by atoms with Crippen LogP contribution in [0.3, 0.4) is 0 Å². The fourth-order valence-electron chi connectivity index (χ4n) is 4.02. The van der Waals surface area contributed by atoms with Crippen LogP contribution in [0.5, 0.6) is 5.75 Å². The number of aromatic nitrogens is 2. The second kappa shape index (κ2) is 11.2. The Morgan fingerprint density at radius 1 is 0.971 bits per heavy atom. The van der Waals surface area contributed by atoms with Gasteiger partial charge >= 0.3 is 0 Å². The maximum absolute atomic E-state index is 12.8. The lowest BCUT2D eigenvalue weighted by Gasteiger charge is -2.36. The minimum atomic E-state index is -0.387. The maximum Gasteiger partial charge on any atom is 0.292 e. The van der Waals surface area contributed by atoms with Gasteiger partial charge in [-0.15, -0.1) is 0 Å². The first kappa shape index (κ1) is 24.5. The smallest absolute Gasteiger partial charge is 0.292 e. The Hall–Kier alpha value is -3.65. The third-order valence-electron chi connectivity index (χ3n) is 5.93. The van der Waals surface area contributed by atoms with Gasteiger partial charge in [0.2, 0.25) is 5.91 Å². The van der Waals surface area contributed by atoms with Crippen LogP contribution in [0.1, 0.15) is 30.1 Å². The van der Waals surface area contributed by atoms with Gasteiger partial charge in [-0.25, -0.2) is 0 Å². The second-order valence-electron chi connectivity index (χ2n) is 8.14. The van der Waals surface area contributed by atoms with Crippen molar-refractivity contribution in [3.05, 3.63) is 81.7 Å². The number of nitrogens with zero attached hydrogens (tertiary/aromatic N) is 4. The first-order valence-corrected chi connectivity index (χ1v) is 12.0. The van der Waals surface area contributed by atoms with Gasteiger partial charge in [0.05, 0.1) is 24.2 Å². The SMILES string of the molecule is CCOc1ccc(C(=O)CCC(=O)N2CCN(c3cnn(-c4ccccc4)c(=O)c3Cl)CC2)cc1. The Morgan fingerprint density at radius 3 is 2.31 bits per heavy atom. The number of hydrogen-bond donors (Lipinski definition) is 0. The summed E-state index contributed by atoms with van der Waals surface area (Å²) in [5.41, 5.74) is 1.38. The molecule has 2 heterocycles. The molecule has 1 amide bonds. The molecule has 1 saturated heterocycles. The van der Waals surface area contributed by atoms with Crippen molar-refractivity contribution in [2.75, 3.05) is 37.7 Å². The van der Waals surface area contributed by atoms with Crippen molar-refractivity contribution in [1.29, 1.82) is 0 Å². The fourth-order valence-corrected chi connectivity index (χ4v) is 4.27. The summed E-state index contributed by atoms with van der Waals surface area (Å²) in [6.45, 7) is 4.47. The maximum atomic E-state index is 12.8. The molecule has 0 aliphatic carbocycles. The molecular weight excluding hydrogens is 468 g/mol. The minimum Gasteiger partial charge on any atom is -0.494 e. The molecule has 2 aromatic carbocycles. The zero-order valence-electron chi connectivity index (χ0n) is 19.5. The summed E-state index contributed by atoms with van der Waals surface area (Å²) in [5.74, 6) is 0.579. The number of hydrogen-bond acceptors (Lipinski definition) is 6. The van der Waals surface area contributed by atoms with Gasteiger partial charge in [-0.05, 0) is 43.3 Å². The van der Waals surface area contributed by atoms with E-state index in [4.69, 9.17) is 16.3 Å². The van der Waals surface area contributed by atoms with Gasteiger partial charge in [0.25, 0.3) is 5.56 Å². The normalized spacial score (nSPS) is 13.5. The summed E-state index contributed by atoms with van der Waals surface area (Å²) < 4.78 is 6.66. The van der Waals surface area contributed by atoms with E-state index in [1.165, 1.54) is 4.68 Å². The summed E-state index contributed by atoms with van der Waals surface area (Å²) in [4.78, 5) is 41.6. The van der Waals surface area contributed by atoms with E-state index >= 15 is 0 Å². The largest absolute Gasteiger partial charge is 0.494 e. The molecule has 1 aromatic heterocycles. The lowest BCUT2D eigenvalue weighted by molar-refractivity contribution is -0.131. The van der Waals surface area contributed by atoms with Crippen LogP contribution < -0.4 is 15.2 Å². The van der Waals surface area contributed by atoms with Crippen molar-refractivity contribution < 1.29 is 14.3 Å². The van der Waals surface area contributed by atoms with Gasteiger partial charge in [0, 0.05) is 44.6 Å². The highest BCUT2D eigenvalue weighted by Crippen LogP contribution is 2.23. The number of ether oxygens (including phenoxy) is 1. The van der Waals surface area contributed by atoms with Crippen molar-refractivity contribution in [2.24, 2.45) is 0 Å². The average Bonchev–Trinajstić information content (AvgIpc) is 2.90. The highest BCUT2D eigenvalue weighted by atomic mass is 35.5. The van der Waals surface area contributed by atoms with E-state index in [2.05, 4.69) is 5.10 Å². The molecule has 0 spiro atoms. The van der Waals surface area contributed by atoms with Crippen molar-refractivity contribution in [3.63, 3.8) is 0 Å².